The summed E-state index contributed by atoms with van der Waals surface area (Å²) in [6, 6.07) is 5.14. The van der Waals surface area contributed by atoms with Crippen LogP contribution in [-0.4, -0.2) is 17.8 Å². The fourth-order valence-electron chi connectivity index (χ4n) is 1.28. The van der Waals surface area contributed by atoms with Gasteiger partial charge in [0.15, 0.2) is 0 Å². The maximum Gasteiger partial charge on any atom is 0.416 e. The molecule has 1 aromatic rings. The Balaban J connectivity index is 2.61. The number of hydrogen-bond donors (Lipinski definition) is 2. The second kappa shape index (κ2) is 5.32. The fourth-order valence-corrected chi connectivity index (χ4v) is 1.28. The van der Waals surface area contributed by atoms with Crippen LogP contribution in [0.15, 0.2) is 24.3 Å². The molecule has 0 aromatic heterocycles. The van der Waals surface area contributed by atoms with E-state index in [0.29, 0.717) is 18.7 Å². The van der Waals surface area contributed by atoms with E-state index < -0.39 is 17.8 Å². The van der Waals surface area contributed by atoms with Gasteiger partial charge in [0.2, 0.25) is 0 Å². The SMILES string of the molecule is C[C@H](O)CNCc1cccc(C(F)(F)F)c1. The third kappa shape index (κ3) is 4.20. The average molecular weight is 233 g/mol. The summed E-state index contributed by atoms with van der Waals surface area (Å²) in [5, 5.41) is 11.8. The Morgan fingerprint density at radius 1 is 1.38 bits per heavy atom. The third-order valence-corrected chi connectivity index (χ3v) is 2.02. The van der Waals surface area contributed by atoms with Gasteiger partial charge in [-0.25, -0.2) is 0 Å². The van der Waals surface area contributed by atoms with Crippen molar-refractivity contribution in [2.45, 2.75) is 25.7 Å². The number of alkyl halides is 3. The zero-order valence-electron chi connectivity index (χ0n) is 8.88. The highest BCUT2D eigenvalue weighted by atomic mass is 19.4. The van der Waals surface area contributed by atoms with Gasteiger partial charge in [-0.15, -0.1) is 0 Å². The van der Waals surface area contributed by atoms with Gasteiger partial charge in [0.1, 0.15) is 0 Å². The molecule has 0 aliphatic carbocycles. The van der Waals surface area contributed by atoms with Gasteiger partial charge in [0.05, 0.1) is 11.7 Å². The fraction of sp³-hybridized carbons (Fsp3) is 0.455. The minimum absolute atomic E-state index is 0.314. The van der Waals surface area contributed by atoms with Crippen LogP contribution in [0, 0.1) is 0 Å². The molecule has 16 heavy (non-hydrogen) atoms. The highest BCUT2D eigenvalue weighted by molar-refractivity contribution is 5.25. The molecule has 5 heteroatoms. The Hall–Kier alpha value is -1.07. The molecule has 90 valence electrons. The molecule has 0 saturated carbocycles. The van der Waals surface area contributed by atoms with Crippen LogP contribution in [0.2, 0.25) is 0 Å². The number of benzene rings is 1. The number of rotatable bonds is 4. The molecule has 0 heterocycles. The second-order valence-corrected chi connectivity index (χ2v) is 3.68. The Morgan fingerprint density at radius 2 is 2.06 bits per heavy atom. The first-order valence-corrected chi connectivity index (χ1v) is 4.94. The molecule has 1 aromatic carbocycles. The molecule has 1 atom stereocenters. The van der Waals surface area contributed by atoms with Crippen molar-refractivity contribution >= 4 is 0 Å². The number of hydrogen-bond acceptors (Lipinski definition) is 2. The first-order chi connectivity index (χ1) is 7.39. The maximum atomic E-state index is 12.4. The number of aliphatic hydroxyl groups excluding tert-OH is 1. The van der Waals surface area contributed by atoms with E-state index in [2.05, 4.69) is 5.32 Å². The van der Waals surface area contributed by atoms with Crippen LogP contribution in [0.25, 0.3) is 0 Å². The highest BCUT2D eigenvalue weighted by Gasteiger charge is 2.30. The maximum absolute atomic E-state index is 12.4. The zero-order chi connectivity index (χ0) is 12.2. The van der Waals surface area contributed by atoms with Crippen molar-refractivity contribution in [3.8, 4) is 0 Å². The summed E-state index contributed by atoms with van der Waals surface area (Å²) in [5.41, 5.74) is -0.0979. The third-order valence-electron chi connectivity index (χ3n) is 2.02. The lowest BCUT2D eigenvalue weighted by atomic mass is 10.1. The van der Waals surface area contributed by atoms with Crippen LogP contribution in [-0.2, 0) is 12.7 Å². The Labute approximate surface area is 92.1 Å². The molecule has 0 bridgehead atoms. The van der Waals surface area contributed by atoms with Crippen molar-refractivity contribution in [3.63, 3.8) is 0 Å². The van der Waals surface area contributed by atoms with E-state index in [1.54, 1.807) is 13.0 Å². The quantitative estimate of drug-likeness (QED) is 0.835. The summed E-state index contributed by atoms with van der Waals surface area (Å²) in [5.74, 6) is 0. The van der Waals surface area contributed by atoms with Crippen LogP contribution < -0.4 is 5.32 Å². The van der Waals surface area contributed by atoms with Crippen LogP contribution in [0.1, 0.15) is 18.1 Å². The molecule has 0 saturated heterocycles. The van der Waals surface area contributed by atoms with Gasteiger partial charge in [0, 0.05) is 13.1 Å². The minimum Gasteiger partial charge on any atom is -0.392 e. The van der Waals surface area contributed by atoms with Crippen LogP contribution in [0.5, 0.6) is 0 Å². The molecule has 0 fully saturated rings. The molecule has 0 spiro atoms. The molecule has 2 N–H and O–H groups in total. The molecule has 0 unspecified atom stereocenters. The van der Waals surface area contributed by atoms with Gasteiger partial charge in [-0.1, -0.05) is 18.2 Å². The lowest BCUT2D eigenvalue weighted by Gasteiger charge is -2.10. The first-order valence-electron chi connectivity index (χ1n) is 4.94. The zero-order valence-corrected chi connectivity index (χ0v) is 8.88. The van der Waals surface area contributed by atoms with Crippen LogP contribution in [0.3, 0.4) is 0 Å². The predicted octanol–water partition coefficient (Wildman–Crippen LogP) is 2.18. The van der Waals surface area contributed by atoms with Crippen molar-refractivity contribution < 1.29 is 18.3 Å². The van der Waals surface area contributed by atoms with Crippen molar-refractivity contribution in [2.75, 3.05) is 6.54 Å². The Kier molecular flexibility index (Phi) is 4.32. The highest BCUT2D eigenvalue weighted by Crippen LogP contribution is 2.29. The number of nitrogens with one attached hydrogen (secondary N) is 1. The van der Waals surface area contributed by atoms with Crippen molar-refractivity contribution in [1.82, 2.24) is 5.32 Å². The summed E-state index contributed by atoms with van der Waals surface area (Å²) < 4.78 is 37.1. The van der Waals surface area contributed by atoms with Crippen molar-refractivity contribution in [3.05, 3.63) is 35.4 Å². The number of halogens is 3. The van der Waals surface area contributed by atoms with Gasteiger partial charge >= 0.3 is 6.18 Å². The summed E-state index contributed by atoms with van der Waals surface area (Å²) >= 11 is 0. The van der Waals surface area contributed by atoms with E-state index in [-0.39, 0.29) is 0 Å². The van der Waals surface area contributed by atoms with E-state index in [4.69, 9.17) is 5.11 Å². The van der Waals surface area contributed by atoms with Gasteiger partial charge in [-0.3, -0.25) is 0 Å². The molecule has 0 aliphatic heterocycles. The molecule has 0 amide bonds. The molecular formula is C11H14F3NO. The smallest absolute Gasteiger partial charge is 0.392 e. The summed E-state index contributed by atoms with van der Waals surface area (Å²) in [7, 11) is 0. The van der Waals surface area contributed by atoms with Gasteiger partial charge in [0.25, 0.3) is 0 Å². The lowest BCUT2D eigenvalue weighted by Crippen LogP contribution is -2.24. The van der Waals surface area contributed by atoms with Gasteiger partial charge in [-0.2, -0.15) is 13.2 Å². The molecule has 2 nitrogen and oxygen atoms in total. The minimum atomic E-state index is -4.31. The van der Waals surface area contributed by atoms with Crippen LogP contribution >= 0.6 is 0 Å². The van der Waals surface area contributed by atoms with E-state index in [1.807, 2.05) is 0 Å². The monoisotopic (exact) mass is 233 g/mol. The van der Waals surface area contributed by atoms with Crippen molar-refractivity contribution in [2.24, 2.45) is 0 Å². The first kappa shape index (κ1) is 13.0. The molecule has 1 rings (SSSR count). The summed E-state index contributed by atoms with van der Waals surface area (Å²) in [6.07, 6.45) is -4.81. The van der Waals surface area contributed by atoms with E-state index in [1.165, 1.54) is 6.07 Å². The average Bonchev–Trinajstić information content (AvgIpc) is 2.16. The van der Waals surface area contributed by atoms with Gasteiger partial charge in [-0.05, 0) is 18.6 Å². The Bertz CT molecular complexity index is 336. The van der Waals surface area contributed by atoms with Gasteiger partial charge < -0.3 is 10.4 Å². The predicted molar refractivity (Wildman–Crippen MR) is 54.8 cm³/mol. The van der Waals surface area contributed by atoms with Crippen molar-refractivity contribution in [1.29, 1.82) is 0 Å². The molecular weight excluding hydrogens is 219 g/mol. The molecule has 0 aliphatic rings. The number of aliphatic hydroxyl groups is 1. The topological polar surface area (TPSA) is 32.3 Å². The van der Waals surface area contributed by atoms with E-state index >= 15 is 0 Å². The normalized spacial score (nSPS) is 13.8. The van der Waals surface area contributed by atoms with E-state index in [0.717, 1.165) is 12.1 Å². The summed E-state index contributed by atoms with van der Waals surface area (Å²) in [6.45, 7) is 2.28. The standard InChI is InChI=1S/C11H14F3NO/c1-8(16)6-15-7-9-3-2-4-10(5-9)11(12,13)14/h2-5,8,15-16H,6-7H2,1H3/t8-/m0/s1. The lowest BCUT2D eigenvalue weighted by molar-refractivity contribution is -0.137. The molecule has 0 radical (unpaired) electrons. The summed E-state index contributed by atoms with van der Waals surface area (Å²) in [4.78, 5) is 0. The van der Waals surface area contributed by atoms with Crippen LogP contribution in [0.4, 0.5) is 13.2 Å². The Morgan fingerprint density at radius 3 is 2.62 bits per heavy atom. The second-order valence-electron chi connectivity index (χ2n) is 3.68. The largest absolute Gasteiger partial charge is 0.416 e. The van der Waals surface area contributed by atoms with E-state index in [9.17, 15) is 13.2 Å².